The van der Waals surface area contributed by atoms with E-state index < -0.39 is 36.0 Å². The predicted octanol–water partition coefficient (Wildman–Crippen LogP) is -1.67. The normalized spacial score (nSPS) is 42.1. The van der Waals surface area contributed by atoms with Crippen LogP contribution in [0.4, 0.5) is 0 Å². The highest BCUT2D eigenvalue weighted by atomic mass is 16.6. The van der Waals surface area contributed by atoms with Crippen LogP contribution in [0.15, 0.2) is 0 Å². The van der Waals surface area contributed by atoms with Gasteiger partial charge in [-0.05, 0) is 13.8 Å². The molecule has 0 amide bonds. The lowest BCUT2D eigenvalue weighted by Crippen LogP contribution is -2.63. The van der Waals surface area contributed by atoms with Gasteiger partial charge in [0, 0.05) is 0 Å². The second kappa shape index (κ2) is 3.47. The van der Waals surface area contributed by atoms with Gasteiger partial charge in [-0.1, -0.05) is 0 Å². The first-order valence-electron chi connectivity index (χ1n) is 4.22. The maximum atomic E-state index is 10.6. The zero-order chi connectivity index (χ0) is 11.1. The third kappa shape index (κ3) is 1.74. The number of aliphatic hydroxyl groups is 3. The molecular formula is C8H14O6. The lowest BCUT2D eigenvalue weighted by atomic mass is 9.87. The maximum absolute atomic E-state index is 10.6. The van der Waals surface area contributed by atoms with E-state index in [9.17, 15) is 20.1 Å². The smallest absolute Gasteiger partial charge is 0.335 e. The molecule has 6 heteroatoms. The second-order valence-corrected chi connectivity index (χ2v) is 3.91. The van der Waals surface area contributed by atoms with Gasteiger partial charge in [-0.15, -0.1) is 0 Å². The van der Waals surface area contributed by atoms with Gasteiger partial charge in [-0.2, -0.15) is 0 Å². The summed E-state index contributed by atoms with van der Waals surface area (Å²) < 4.78 is 4.97. The van der Waals surface area contributed by atoms with Gasteiger partial charge < -0.3 is 25.2 Å². The number of carboxylic acid groups (broad SMARTS) is 1. The zero-order valence-corrected chi connectivity index (χ0v) is 7.91. The first-order valence-corrected chi connectivity index (χ1v) is 4.22. The minimum Gasteiger partial charge on any atom is -0.479 e. The van der Waals surface area contributed by atoms with E-state index in [1.807, 2.05) is 0 Å². The van der Waals surface area contributed by atoms with E-state index in [-0.39, 0.29) is 0 Å². The standard InChI is InChI=1S/C8H14O6/c1-8(2)6(11)4(10)3(9)5(14-8)7(12)13/h3-6,9-11H,1-2H3,(H,12,13). The van der Waals surface area contributed by atoms with Crippen molar-refractivity contribution in [1.82, 2.24) is 0 Å². The number of ether oxygens (including phenoxy) is 1. The quantitative estimate of drug-likeness (QED) is 0.408. The topological polar surface area (TPSA) is 107 Å². The molecule has 4 atom stereocenters. The molecule has 0 aliphatic carbocycles. The summed E-state index contributed by atoms with van der Waals surface area (Å²) in [6, 6.07) is 0. The molecule has 1 aliphatic rings. The molecule has 0 aromatic carbocycles. The van der Waals surface area contributed by atoms with Crippen LogP contribution in [0, 0.1) is 0 Å². The van der Waals surface area contributed by atoms with E-state index in [0.717, 1.165) is 0 Å². The molecule has 4 N–H and O–H groups in total. The first-order chi connectivity index (χ1) is 6.27. The summed E-state index contributed by atoms with van der Waals surface area (Å²) in [7, 11) is 0. The van der Waals surface area contributed by atoms with Crippen molar-refractivity contribution in [2.45, 2.75) is 43.9 Å². The third-order valence-corrected chi connectivity index (χ3v) is 2.37. The van der Waals surface area contributed by atoms with Crippen LogP contribution in [0.25, 0.3) is 0 Å². The van der Waals surface area contributed by atoms with E-state index in [0.29, 0.717) is 0 Å². The molecule has 1 fully saturated rings. The highest BCUT2D eigenvalue weighted by molar-refractivity contribution is 5.73. The lowest BCUT2D eigenvalue weighted by molar-refractivity contribution is -0.256. The third-order valence-electron chi connectivity index (χ3n) is 2.37. The summed E-state index contributed by atoms with van der Waals surface area (Å²) in [6.45, 7) is 2.89. The Morgan fingerprint density at radius 3 is 2.14 bits per heavy atom. The van der Waals surface area contributed by atoms with Crippen molar-refractivity contribution in [2.24, 2.45) is 0 Å². The Balaban J connectivity index is 2.90. The Morgan fingerprint density at radius 2 is 1.71 bits per heavy atom. The van der Waals surface area contributed by atoms with Crippen LogP contribution in [0.1, 0.15) is 13.8 Å². The molecule has 0 saturated carbocycles. The van der Waals surface area contributed by atoms with E-state index in [2.05, 4.69) is 0 Å². The van der Waals surface area contributed by atoms with Crippen molar-refractivity contribution in [1.29, 1.82) is 0 Å². The summed E-state index contributed by atoms with van der Waals surface area (Å²) in [4.78, 5) is 10.6. The molecule has 1 heterocycles. The summed E-state index contributed by atoms with van der Waals surface area (Å²) >= 11 is 0. The largest absolute Gasteiger partial charge is 0.479 e. The number of carbonyl (C=O) groups is 1. The highest BCUT2D eigenvalue weighted by Crippen LogP contribution is 2.29. The predicted molar refractivity (Wildman–Crippen MR) is 44.6 cm³/mol. The van der Waals surface area contributed by atoms with Gasteiger partial charge in [-0.25, -0.2) is 4.79 Å². The maximum Gasteiger partial charge on any atom is 0.335 e. The monoisotopic (exact) mass is 206 g/mol. The van der Waals surface area contributed by atoms with E-state index in [1.165, 1.54) is 13.8 Å². The van der Waals surface area contributed by atoms with Crippen LogP contribution in [0.5, 0.6) is 0 Å². The number of hydrogen-bond donors (Lipinski definition) is 4. The van der Waals surface area contributed by atoms with Gasteiger partial charge in [0.1, 0.15) is 18.3 Å². The fourth-order valence-corrected chi connectivity index (χ4v) is 1.44. The molecule has 0 radical (unpaired) electrons. The van der Waals surface area contributed by atoms with Crippen LogP contribution in [-0.4, -0.2) is 56.4 Å². The molecular weight excluding hydrogens is 192 g/mol. The number of rotatable bonds is 1. The fourth-order valence-electron chi connectivity index (χ4n) is 1.44. The van der Waals surface area contributed by atoms with Crippen LogP contribution >= 0.6 is 0 Å². The van der Waals surface area contributed by atoms with Gasteiger partial charge in [0.25, 0.3) is 0 Å². The van der Waals surface area contributed by atoms with Crippen LogP contribution in [-0.2, 0) is 9.53 Å². The summed E-state index contributed by atoms with van der Waals surface area (Å²) in [5.41, 5.74) is -1.19. The van der Waals surface area contributed by atoms with Crippen LogP contribution in [0.2, 0.25) is 0 Å². The number of aliphatic hydroxyl groups excluding tert-OH is 3. The Hall–Kier alpha value is -0.690. The summed E-state index contributed by atoms with van der Waals surface area (Å²) in [6.07, 6.45) is -5.95. The van der Waals surface area contributed by atoms with Crippen molar-refractivity contribution >= 4 is 5.97 Å². The molecule has 82 valence electrons. The lowest BCUT2D eigenvalue weighted by Gasteiger charge is -2.43. The molecule has 1 aliphatic heterocycles. The highest BCUT2D eigenvalue weighted by Gasteiger charge is 2.50. The van der Waals surface area contributed by atoms with E-state index in [4.69, 9.17) is 9.84 Å². The van der Waals surface area contributed by atoms with Crippen molar-refractivity contribution in [2.75, 3.05) is 0 Å². The van der Waals surface area contributed by atoms with E-state index >= 15 is 0 Å². The SMILES string of the molecule is CC1(C)OC(C(=O)O)C(O)C(O)C1O. The molecule has 1 rings (SSSR count). The molecule has 0 spiro atoms. The minimum absolute atomic E-state index is 1.19. The number of aliphatic carboxylic acids is 1. The fraction of sp³-hybridized carbons (Fsp3) is 0.875. The van der Waals surface area contributed by atoms with Gasteiger partial charge in [0.15, 0.2) is 6.10 Å². The van der Waals surface area contributed by atoms with Crippen molar-refractivity contribution < 1.29 is 30.0 Å². The Labute approximate surface area is 80.7 Å². The molecule has 14 heavy (non-hydrogen) atoms. The van der Waals surface area contributed by atoms with Gasteiger partial charge in [-0.3, -0.25) is 0 Å². The molecule has 0 bridgehead atoms. The average molecular weight is 206 g/mol. The Kier molecular flexibility index (Phi) is 2.82. The first kappa shape index (κ1) is 11.4. The van der Waals surface area contributed by atoms with Crippen molar-refractivity contribution in [3.63, 3.8) is 0 Å². The number of hydrogen-bond acceptors (Lipinski definition) is 5. The molecule has 0 aromatic heterocycles. The summed E-state index contributed by atoms with van der Waals surface area (Å²) in [5, 5.41) is 36.8. The molecule has 0 aromatic rings. The van der Waals surface area contributed by atoms with Gasteiger partial charge in [0.05, 0.1) is 5.60 Å². The van der Waals surface area contributed by atoms with Crippen molar-refractivity contribution in [3.05, 3.63) is 0 Å². The van der Waals surface area contributed by atoms with E-state index in [1.54, 1.807) is 0 Å². The zero-order valence-electron chi connectivity index (χ0n) is 7.91. The Morgan fingerprint density at radius 1 is 1.21 bits per heavy atom. The molecule has 1 saturated heterocycles. The second-order valence-electron chi connectivity index (χ2n) is 3.91. The molecule has 6 nitrogen and oxygen atoms in total. The van der Waals surface area contributed by atoms with Crippen molar-refractivity contribution in [3.8, 4) is 0 Å². The Bertz CT molecular complexity index is 238. The van der Waals surface area contributed by atoms with Gasteiger partial charge in [0.2, 0.25) is 0 Å². The van der Waals surface area contributed by atoms with Crippen LogP contribution < -0.4 is 0 Å². The summed E-state index contributed by atoms with van der Waals surface area (Å²) in [5.74, 6) is -1.36. The molecule has 4 unspecified atom stereocenters. The average Bonchev–Trinajstić information content (AvgIpc) is 2.08. The van der Waals surface area contributed by atoms with Crippen LogP contribution in [0.3, 0.4) is 0 Å². The van der Waals surface area contributed by atoms with Gasteiger partial charge >= 0.3 is 5.97 Å². The minimum atomic E-state index is -1.62. The number of carboxylic acids is 1.